The predicted molar refractivity (Wildman–Crippen MR) is 122 cm³/mol. The Bertz CT molecular complexity index is 649. The molecule has 1 aromatic rings. The third-order valence-electron chi connectivity index (χ3n) is 6.79. The third kappa shape index (κ3) is 5.84. The molecule has 7 heteroatoms. The number of pyridine rings is 1. The molecule has 0 aromatic carbocycles. The normalized spacial score (nSPS) is 24.7. The van der Waals surface area contributed by atoms with E-state index in [-0.39, 0.29) is 30.2 Å². The SMILES string of the molecule is Cc1ccc(C2(CN3CCCC(CN4CCCC4=O)C3)CCNCC2)nc1.Cl.Cl. The van der Waals surface area contributed by atoms with Gasteiger partial charge in [-0.05, 0) is 76.2 Å². The van der Waals surface area contributed by atoms with E-state index in [1.165, 1.54) is 30.6 Å². The molecule has 0 bridgehead atoms. The van der Waals surface area contributed by atoms with Crippen LogP contribution < -0.4 is 5.32 Å². The van der Waals surface area contributed by atoms with Gasteiger partial charge in [-0.1, -0.05) is 6.07 Å². The van der Waals surface area contributed by atoms with Crippen LogP contribution in [0.4, 0.5) is 0 Å². The number of hydrogen-bond acceptors (Lipinski definition) is 4. The summed E-state index contributed by atoms with van der Waals surface area (Å²) in [6.07, 6.45) is 8.66. The zero-order chi connectivity index (χ0) is 18.7. The van der Waals surface area contributed by atoms with Gasteiger partial charge >= 0.3 is 0 Å². The van der Waals surface area contributed by atoms with Crippen LogP contribution in [0.5, 0.6) is 0 Å². The molecule has 1 aromatic heterocycles. The maximum absolute atomic E-state index is 12.0. The molecule has 4 heterocycles. The van der Waals surface area contributed by atoms with Gasteiger partial charge in [-0.25, -0.2) is 0 Å². The molecule has 0 radical (unpaired) electrons. The van der Waals surface area contributed by atoms with Gasteiger partial charge in [0.05, 0.1) is 0 Å². The first kappa shape index (κ1) is 24.4. The van der Waals surface area contributed by atoms with E-state index < -0.39 is 0 Å². The van der Waals surface area contributed by atoms with E-state index >= 15 is 0 Å². The van der Waals surface area contributed by atoms with E-state index in [1.54, 1.807) is 0 Å². The molecule has 0 saturated carbocycles. The van der Waals surface area contributed by atoms with Gasteiger partial charge in [-0.15, -0.1) is 24.8 Å². The van der Waals surface area contributed by atoms with Crippen LogP contribution in [0, 0.1) is 12.8 Å². The highest BCUT2D eigenvalue weighted by Gasteiger charge is 2.38. The smallest absolute Gasteiger partial charge is 0.222 e. The summed E-state index contributed by atoms with van der Waals surface area (Å²) in [4.78, 5) is 21.6. The van der Waals surface area contributed by atoms with Gasteiger partial charge in [-0.3, -0.25) is 9.78 Å². The van der Waals surface area contributed by atoms with Crippen LogP contribution in [-0.4, -0.2) is 66.5 Å². The van der Waals surface area contributed by atoms with Crippen molar-refractivity contribution in [2.24, 2.45) is 5.92 Å². The lowest BCUT2D eigenvalue weighted by Gasteiger charge is -2.44. The van der Waals surface area contributed by atoms with Gasteiger partial charge in [0.25, 0.3) is 0 Å². The first-order chi connectivity index (χ1) is 13.1. The van der Waals surface area contributed by atoms with Crippen molar-refractivity contribution in [3.05, 3.63) is 29.6 Å². The van der Waals surface area contributed by atoms with E-state index in [4.69, 9.17) is 4.98 Å². The zero-order valence-electron chi connectivity index (χ0n) is 17.6. The summed E-state index contributed by atoms with van der Waals surface area (Å²) in [7, 11) is 0. The second-order valence-corrected chi connectivity index (χ2v) is 8.94. The number of carbonyl (C=O) groups is 1. The minimum Gasteiger partial charge on any atom is -0.342 e. The summed E-state index contributed by atoms with van der Waals surface area (Å²) < 4.78 is 0. The van der Waals surface area contributed by atoms with Crippen molar-refractivity contribution < 1.29 is 4.79 Å². The molecule has 164 valence electrons. The van der Waals surface area contributed by atoms with Gasteiger partial charge in [-0.2, -0.15) is 0 Å². The highest BCUT2D eigenvalue weighted by molar-refractivity contribution is 5.85. The summed E-state index contributed by atoms with van der Waals surface area (Å²) in [5, 5.41) is 3.53. The van der Waals surface area contributed by atoms with Gasteiger partial charge < -0.3 is 15.1 Å². The maximum Gasteiger partial charge on any atom is 0.222 e. The molecular weight excluding hydrogens is 407 g/mol. The summed E-state index contributed by atoms with van der Waals surface area (Å²) in [5.41, 5.74) is 2.67. The van der Waals surface area contributed by atoms with Gasteiger partial charge in [0.15, 0.2) is 0 Å². The number of aromatic nitrogens is 1. The molecule has 1 atom stereocenters. The fourth-order valence-corrected chi connectivity index (χ4v) is 5.26. The number of amides is 1. The van der Waals surface area contributed by atoms with Crippen LogP contribution in [0.15, 0.2) is 18.3 Å². The first-order valence-electron chi connectivity index (χ1n) is 10.8. The maximum atomic E-state index is 12.0. The Balaban J connectivity index is 0.00000150. The largest absolute Gasteiger partial charge is 0.342 e. The van der Waals surface area contributed by atoms with Crippen LogP contribution in [-0.2, 0) is 10.2 Å². The van der Waals surface area contributed by atoms with E-state index in [0.29, 0.717) is 11.8 Å². The van der Waals surface area contributed by atoms with Crippen molar-refractivity contribution in [1.82, 2.24) is 20.1 Å². The predicted octanol–water partition coefficient (Wildman–Crippen LogP) is 3.19. The number of carbonyl (C=O) groups excluding carboxylic acids is 1. The Morgan fingerprint density at radius 3 is 2.62 bits per heavy atom. The van der Waals surface area contributed by atoms with Crippen molar-refractivity contribution >= 4 is 30.7 Å². The molecule has 0 spiro atoms. The number of nitrogens with one attached hydrogen (secondary N) is 1. The van der Waals surface area contributed by atoms with Gasteiger partial charge in [0.1, 0.15) is 0 Å². The standard InChI is InChI=1S/C22H34N4O.2ClH/c1-18-6-7-20(24-14-18)22(8-10-23-11-9-22)17-25-12-2-4-19(15-25)16-26-13-3-5-21(26)27;;/h6-7,14,19,23H,2-5,8-13,15-17H2,1H3;2*1H. The zero-order valence-corrected chi connectivity index (χ0v) is 19.2. The minimum absolute atomic E-state index is 0. The van der Waals surface area contributed by atoms with E-state index in [9.17, 15) is 4.79 Å². The van der Waals surface area contributed by atoms with Crippen LogP contribution in [0.2, 0.25) is 0 Å². The van der Waals surface area contributed by atoms with E-state index in [0.717, 1.165) is 65.0 Å². The lowest BCUT2D eigenvalue weighted by atomic mass is 9.74. The summed E-state index contributed by atoms with van der Waals surface area (Å²) in [6.45, 7) is 9.63. The average Bonchev–Trinajstić information content (AvgIpc) is 3.08. The van der Waals surface area contributed by atoms with Crippen LogP contribution in [0.25, 0.3) is 0 Å². The topological polar surface area (TPSA) is 48.5 Å². The van der Waals surface area contributed by atoms with Crippen molar-refractivity contribution in [3.8, 4) is 0 Å². The second kappa shape index (κ2) is 10.9. The Morgan fingerprint density at radius 2 is 1.97 bits per heavy atom. The Kier molecular flexibility index (Phi) is 9.20. The van der Waals surface area contributed by atoms with E-state index in [1.807, 2.05) is 6.20 Å². The summed E-state index contributed by atoms with van der Waals surface area (Å²) in [5.74, 6) is 0.997. The molecule has 3 aliphatic rings. The molecule has 4 rings (SSSR count). The quantitative estimate of drug-likeness (QED) is 0.760. The van der Waals surface area contributed by atoms with Crippen LogP contribution >= 0.6 is 24.8 Å². The Hall–Kier alpha value is -0.880. The molecule has 5 nitrogen and oxygen atoms in total. The van der Waals surface area contributed by atoms with Gasteiger partial charge in [0.2, 0.25) is 5.91 Å². The molecule has 3 aliphatic heterocycles. The number of aryl methyl sites for hydroxylation is 1. The molecule has 3 saturated heterocycles. The van der Waals surface area contributed by atoms with Gasteiger partial charge in [0, 0.05) is 49.9 Å². The number of hydrogen-bond donors (Lipinski definition) is 1. The highest BCUT2D eigenvalue weighted by Crippen LogP contribution is 2.34. The molecule has 1 amide bonds. The lowest BCUT2D eigenvalue weighted by Crippen LogP contribution is -2.51. The minimum atomic E-state index is 0. The molecule has 1 N–H and O–H groups in total. The fraction of sp³-hybridized carbons (Fsp3) is 0.727. The molecule has 1 unspecified atom stereocenters. The number of piperidine rings is 2. The summed E-state index contributed by atoms with van der Waals surface area (Å²) >= 11 is 0. The highest BCUT2D eigenvalue weighted by atomic mass is 35.5. The first-order valence-corrected chi connectivity index (χ1v) is 10.8. The molecule has 0 aliphatic carbocycles. The van der Waals surface area contributed by atoms with Crippen molar-refractivity contribution in [3.63, 3.8) is 0 Å². The fourth-order valence-electron chi connectivity index (χ4n) is 5.26. The Morgan fingerprint density at radius 1 is 1.17 bits per heavy atom. The number of likely N-dealkylation sites (tertiary alicyclic amines) is 2. The molecular formula is C22H36Cl2N4O. The molecule has 29 heavy (non-hydrogen) atoms. The average molecular weight is 443 g/mol. The number of nitrogens with zero attached hydrogens (tertiary/aromatic N) is 3. The number of halogens is 2. The third-order valence-corrected chi connectivity index (χ3v) is 6.79. The van der Waals surface area contributed by atoms with Crippen molar-refractivity contribution in [2.45, 2.75) is 50.9 Å². The van der Waals surface area contributed by atoms with E-state index in [2.05, 4.69) is 34.2 Å². The van der Waals surface area contributed by atoms with Crippen LogP contribution in [0.1, 0.15) is 49.8 Å². The van der Waals surface area contributed by atoms with Crippen molar-refractivity contribution in [2.75, 3.05) is 45.8 Å². The summed E-state index contributed by atoms with van der Waals surface area (Å²) in [6, 6.07) is 4.47. The van der Waals surface area contributed by atoms with Crippen LogP contribution in [0.3, 0.4) is 0 Å². The monoisotopic (exact) mass is 442 g/mol. The second-order valence-electron chi connectivity index (χ2n) is 8.94. The molecule has 3 fully saturated rings. The Labute approximate surface area is 187 Å². The number of rotatable bonds is 5. The van der Waals surface area contributed by atoms with Crippen molar-refractivity contribution in [1.29, 1.82) is 0 Å². The lowest BCUT2D eigenvalue weighted by molar-refractivity contribution is -0.128.